The molecular formula is C14H23BrN4O. The second kappa shape index (κ2) is 7.22. The Hall–Kier alpha value is -0.880. The number of nitrogens with zero attached hydrogens (tertiary/aromatic N) is 3. The first-order chi connectivity index (χ1) is 9.65. The lowest BCUT2D eigenvalue weighted by Gasteiger charge is -2.42. The molecule has 0 aromatic rings. The van der Waals surface area contributed by atoms with E-state index in [4.69, 9.17) is 4.74 Å². The minimum atomic E-state index is 0.222. The molecule has 0 saturated carbocycles. The largest absolute Gasteiger partial charge is 0.380 e. The van der Waals surface area contributed by atoms with Crippen molar-refractivity contribution in [2.45, 2.75) is 33.4 Å². The lowest BCUT2D eigenvalue weighted by molar-refractivity contribution is 0.101. The normalized spacial score (nSPS) is 27.8. The molecule has 5 nitrogen and oxygen atoms in total. The fraction of sp³-hybridized carbons (Fsp3) is 0.714. The zero-order valence-electron chi connectivity index (χ0n) is 12.4. The number of rotatable bonds is 5. The van der Waals surface area contributed by atoms with Gasteiger partial charge in [-0.25, -0.2) is 4.99 Å². The van der Waals surface area contributed by atoms with Crippen molar-refractivity contribution in [2.75, 3.05) is 26.3 Å². The number of allylic oxidation sites excluding steroid dienone is 1. The number of fused-ring (bicyclic) bond motifs is 1. The summed E-state index contributed by atoms with van der Waals surface area (Å²) in [4.78, 5) is 11.3. The molecule has 0 aromatic heterocycles. The average Bonchev–Trinajstić information content (AvgIpc) is 2.41. The SMILES string of the molecule is CCN=C1N=C(C)C2CC(Br)=CN(CCOCC)C2N1. The Labute approximate surface area is 129 Å². The second-order valence-electron chi connectivity index (χ2n) is 4.96. The summed E-state index contributed by atoms with van der Waals surface area (Å²) in [6.07, 6.45) is 3.37. The fourth-order valence-electron chi connectivity index (χ4n) is 2.59. The zero-order chi connectivity index (χ0) is 14.5. The standard InChI is InChI=1S/C14H23BrN4O/c1-4-16-14-17-10(3)12-8-11(15)9-19(13(12)18-14)6-7-20-5-2/h9,12-13H,4-8H2,1-3H3,(H,16,18). The molecule has 0 aromatic carbocycles. The number of hydrogen-bond acceptors (Lipinski definition) is 3. The molecule has 0 aliphatic carbocycles. The zero-order valence-corrected chi connectivity index (χ0v) is 14.0. The van der Waals surface area contributed by atoms with Gasteiger partial charge in [0.2, 0.25) is 5.96 Å². The number of halogens is 1. The Morgan fingerprint density at radius 1 is 1.55 bits per heavy atom. The maximum Gasteiger partial charge on any atom is 0.219 e. The molecule has 2 rings (SSSR count). The first-order valence-electron chi connectivity index (χ1n) is 7.21. The predicted octanol–water partition coefficient (Wildman–Crippen LogP) is 2.35. The van der Waals surface area contributed by atoms with Gasteiger partial charge in [0.05, 0.1) is 6.61 Å². The Morgan fingerprint density at radius 3 is 3.05 bits per heavy atom. The molecule has 0 fully saturated rings. The number of hydrogen-bond donors (Lipinski definition) is 1. The summed E-state index contributed by atoms with van der Waals surface area (Å²) in [7, 11) is 0. The number of guanidine groups is 1. The summed E-state index contributed by atoms with van der Waals surface area (Å²) in [5.74, 6) is 1.13. The highest BCUT2D eigenvalue weighted by molar-refractivity contribution is 9.11. The molecule has 1 N–H and O–H groups in total. The Morgan fingerprint density at radius 2 is 2.35 bits per heavy atom. The van der Waals surface area contributed by atoms with E-state index in [0.717, 1.165) is 44.4 Å². The summed E-state index contributed by atoms with van der Waals surface area (Å²) in [6, 6.07) is 0. The van der Waals surface area contributed by atoms with E-state index in [1.165, 1.54) is 4.48 Å². The van der Waals surface area contributed by atoms with Gasteiger partial charge in [0.15, 0.2) is 0 Å². The molecule has 2 heterocycles. The third-order valence-electron chi connectivity index (χ3n) is 3.56. The van der Waals surface area contributed by atoms with E-state index < -0.39 is 0 Å². The smallest absolute Gasteiger partial charge is 0.219 e. The second-order valence-corrected chi connectivity index (χ2v) is 5.98. The highest BCUT2D eigenvalue weighted by atomic mass is 79.9. The van der Waals surface area contributed by atoms with Crippen molar-refractivity contribution in [1.82, 2.24) is 10.2 Å². The minimum Gasteiger partial charge on any atom is -0.380 e. The number of aliphatic imine (C=N–C) groups is 2. The summed E-state index contributed by atoms with van der Waals surface area (Å²) < 4.78 is 6.69. The van der Waals surface area contributed by atoms with E-state index in [1.807, 2.05) is 13.8 Å². The lowest BCUT2D eigenvalue weighted by Crippen LogP contribution is -2.57. The van der Waals surface area contributed by atoms with E-state index in [0.29, 0.717) is 5.92 Å². The van der Waals surface area contributed by atoms with Gasteiger partial charge < -0.3 is 15.0 Å². The van der Waals surface area contributed by atoms with Gasteiger partial charge in [0, 0.05) is 42.0 Å². The monoisotopic (exact) mass is 342 g/mol. The van der Waals surface area contributed by atoms with E-state index in [-0.39, 0.29) is 6.17 Å². The first-order valence-corrected chi connectivity index (χ1v) is 8.00. The van der Waals surface area contributed by atoms with Crippen LogP contribution in [0.25, 0.3) is 0 Å². The van der Waals surface area contributed by atoms with E-state index in [9.17, 15) is 0 Å². The van der Waals surface area contributed by atoms with Crippen LogP contribution in [0, 0.1) is 5.92 Å². The van der Waals surface area contributed by atoms with Crippen LogP contribution in [0.2, 0.25) is 0 Å². The molecular weight excluding hydrogens is 320 g/mol. The van der Waals surface area contributed by atoms with Gasteiger partial charge in [-0.1, -0.05) is 15.9 Å². The molecule has 0 bridgehead atoms. The molecule has 6 heteroatoms. The van der Waals surface area contributed by atoms with Crippen molar-refractivity contribution in [3.8, 4) is 0 Å². The molecule has 2 aliphatic heterocycles. The third kappa shape index (κ3) is 3.61. The minimum absolute atomic E-state index is 0.222. The topological polar surface area (TPSA) is 49.2 Å². The molecule has 0 spiro atoms. The van der Waals surface area contributed by atoms with Gasteiger partial charge in [-0.05, 0) is 27.2 Å². The lowest BCUT2D eigenvalue weighted by atomic mass is 9.92. The van der Waals surface area contributed by atoms with Crippen molar-refractivity contribution < 1.29 is 4.74 Å². The van der Waals surface area contributed by atoms with E-state index in [2.05, 4.69) is 49.3 Å². The maximum atomic E-state index is 5.48. The highest BCUT2D eigenvalue weighted by Crippen LogP contribution is 2.31. The molecule has 2 aliphatic rings. The molecule has 2 unspecified atom stereocenters. The third-order valence-corrected chi connectivity index (χ3v) is 4.09. The van der Waals surface area contributed by atoms with Crippen LogP contribution in [0.5, 0.6) is 0 Å². The van der Waals surface area contributed by atoms with Gasteiger partial charge in [0.1, 0.15) is 6.17 Å². The summed E-state index contributed by atoms with van der Waals surface area (Å²) in [5.41, 5.74) is 1.15. The first kappa shape index (κ1) is 15.5. The molecule has 0 amide bonds. The summed E-state index contributed by atoms with van der Waals surface area (Å²) in [5, 5.41) is 3.45. The van der Waals surface area contributed by atoms with Crippen LogP contribution in [-0.4, -0.2) is 49.0 Å². The van der Waals surface area contributed by atoms with Crippen LogP contribution in [0.1, 0.15) is 27.2 Å². The fourth-order valence-corrected chi connectivity index (χ4v) is 3.20. The van der Waals surface area contributed by atoms with E-state index >= 15 is 0 Å². The van der Waals surface area contributed by atoms with Crippen LogP contribution in [0.4, 0.5) is 0 Å². The molecule has 0 radical (unpaired) electrons. The van der Waals surface area contributed by atoms with Crippen LogP contribution in [0.3, 0.4) is 0 Å². The Kier molecular flexibility index (Phi) is 5.60. The highest BCUT2D eigenvalue weighted by Gasteiger charge is 2.35. The van der Waals surface area contributed by atoms with Crippen LogP contribution in [-0.2, 0) is 4.74 Å². The summed E-state index contributed by atoms with van der Waals surface area (Å²) in [6.45, 7) is 9.23. The molecule has 112 valence electrons. The van der Waals surface area contributed by atoms with Crippen molar-refractivity contribution in [2.24, 2.45) is 15.9 Å². The van der Waals surface area contributed by atoms with Crippen molar-refractivity contribution in [3.63, 3.8) is 0 Å². The molecule has 20 heavy (non-hydrogen) atoms. The van der Waals surface area contributed by atoms with E-state index in [1.54, 1.807) is 0 Å². The molecule has 0 saturated heterocycles. The van der Waals surface area contributed by atoms with Gasteiger partial charge in [-0.2, -0.15) is 0 Å². The number of nitrogens with one attached hydrogen (secondary N) is 1. The molecule has 2 atom stereocenters. The quantitative estimate of drug-likeness (QED) is 0.780. The van der Waals surface area contributed by atoms with Crippen molar-refractivity contribution >= 4 is 27.6 Å². The van der Waals surface area contributed by atoms with Crippen molar-refractivity contribution in [1.29, 1.82) is 0 Å². The van der Waals surface area contributed by atoms with Crippen molar-refractivity contribution in [3.05, 3.63) is 10.7 Å². The maximum absolute atomic E-state index is 5.48. The van der Waals surface area contributed by atoms with Crippen LogP contribution in [0.15, 0.2) is 20.7 Å². The summed E-state index contributed by atoms with van der Waals surface area (Å²) >= 11 is 3.64. The number of ether oxygens (including phenoxy) is 1. The van der Waals surface area contributed by atoms with Gasteiger partial charge in [0.25, 0.3) is 0 Å². The van der Waals surface area contributed by atoms with Gasteiger partial charge in [-0.15, -0.1) is 0 Å². The Balaban J connectivity index is 2.15. The Bertz CT molecular complexity index is 433. The predicted molar refractivity (Wildman–Crippen MR) is 86.3 cm³/mol. The average molecular weight is 343 g/mol. The van der Waals surface area contributed by atoms with Gasteiger partial charge >= 0.3 is 0 Å². The van der Waals surface area contributed by atoms with Gasteiger partial charge in [-0.3, -0.25) is 4.99 Å². The van der Waals surface area contributed by atoms with Crippen LogP contribution >= 0.6 is 15.9 Å². The van der Waals surface area contributed by atoms with Crippen LogP contribution < -0.4 is 5.32 Å².